The van der Waals surface area contributed by atoms with Crippen LogP contribution in [0, 0.1) is 0 Å². The first-order valence-electron chi connectivity index (χ1n) is 10.4. The van der Waals surface area contributed by atoms with Gasteiger partial charge in [-0.1, -0.05) is 25.1 Å². The van der Waals surface area contributed by atoms with Gasteiger partial charge in [0.1, 0.15) is 5.75 Å². The van der Waals surface area contributed by atoms with E-state index in [2.05, 4.69) is 16.4 Å². The highest BCUT2D eigenvalue weighted by molar-refractivity contribution is 5.98. The highest BCUT2D eigenvalue weighted by Gasteiger charge is 2.24. The molecule has 4 rings (SSSR count). The van der Waals surface area contributed by atoms with E-state index in [-0.39, 0.29) is 11.8 Å². The molecular formula is C25H25N3O3. The highest BCUT2D eigenvalue weighted by atomic mass is 16.5. The Bertz CT molecular complexity index is 1110. The summed E-state index contributed by atoms with van der Waals surface area (Å²) in [5.41, 5.74) is 5.57. The summed E-state index contributed by atoms with van der Waals surface area (Å²) >= 11 is 0. The third kappa shape index (κ3) is 4.28. The SMILES string of the molecule is CCC(=O)N1CCc2cc(-c3ccc(C(=O)NCc4cccnc4)c(OC)c3)ccc21. The Balaban J connectivity index is 1.54. The lowest BCUT2D eigenvalue weighted by Crippen LogP contribution is -2.27. The summed E-state index contributed by atoms with van der Waals surface area (Å²) in [4.78, 5) is 30.7. The van der Waals surface area contributed by atoms with Crippen LogP contribution in [-0.4, -0.2) is 30.5 Å². The van der Waals surface area contributed by atoms with Crippen LogP contribution in [0.5, 0.6) is 5.75 Å². The molecule has 1 aliphatic rings. The first-order valence-corrected chi connectivity index (χ1v) is 10.4. The minimum Gasteiger partial charge on any atom is -0.496 e. The molecule has 0 radical (unpaired) electrons. The number of rotatable bonds is 6. The number of nitrogens with one attached hydrogen (secondary N) is 1. The number of fused-ring (bicyclic) bond motifs is 1. The molecule has 0 saturated heterocycles. The Morgan fingerprint density at radius 1 is 1.13 bits per heavy atom. The van der Waals surface area contributed by atoms with E-state index in [1.54, 1.807) is 25.6 Å². The van der Waals surface area contributed by atoms with Crippen molar-refractivity contribution in [1.82, 2.24) is 10.3 Å². The van der Waals surface area contributed by atoms with E-state index in [0.29, 0.717) is 24.3 Å². The molecule has 0 aliphatic carbocycles. The quantitative estimate of drug-likeness (QED) is 0.661. The van der Waals surface area contributed by atoms with Crippen molar-refractivity contribution in [3.63, 3.8) is 0 Å². The molecule has 1 N–H and O–H groups in total. The van der Waals surface area contributed by atoms with Crippen LogP contribution in [-0.2, 0) is 17.8 Å². The van der Waals surface area contributed by atoms with Crippen LogP contribution < -0.4 is 15.0 Å². The zero-order chi connectivity index (χ0) is 21.8. The number of hydrogen-bond acceptors (Lipinski definition) is 4. The second-order valence-electron chi connectivity index (χ2n) is 7.45. The molecule has 0 spiro atoms. The van der Waals surface area contributed by atoms with Gasteiger partial charge in [-0.15, -0.1) is 0 Å². The molecule has 158 valence electrons. The molecule has 1 aliphatic heterocycles. The molecule has 1 aromatic heterocycles. The lowest BCUT2D eigenvalue weighted by molar-refractivity contribution is -0.118. The third-order valence-corrected chi connectivity index (χ3v) is 5.53. The monoisotopic (exact) mass is 415 g/mol. The summed E-state index contributed by atoms with van der Waals surface area (Å²) in [6.45, 7) is 3.01. The average molecular weight is 415 g/mol. The average Bonchev–Trinajstić information content (AvgIpc) is 3.25. The highest BCUT2D eigenvalue weighted by Crippen LogP contribution is 2.34. The van der Waals surface area contributed by atoms with Gasteiger partial charge in [-0.3, -0.25) is 14.6 Å². The molecule has 2 aromatic carbocycles. The van der Waals surface area contributed by atoms with Crippen molar-refractivity contribution in [2.45, 2.75) is 26.3 Å². The van der Waals surface area contributed by atoms with Crippen molar-refractivity contribution < 1.29 is 14.3 Å². The predicted octanol–water partition coefficient (Wildman–Crippen LogP) is 3.99. The summed E-state index contributed by atoms with van der Waals surface area (Å²) in [5, 5.41) is 2.91. The standard InChI is InChI=1S/C25H25N3O3/c1-3-24(29)28-12-10-20-13-18(7-9-22(20)28)19-6-8-21(23(14-19)31-2)25(30)27-16-17-5-4-11-26-15-17/h4-9,11,13-15H,3,10,12,16H2,1-2H3,(H,27,30). The van der Waals surface area contributed by atoms with Gasteiger partial charge in [0.05, 0.1) is 12.7 Å². The van der Waals surface area contributed by atoms with Crippen LogP contribution in [0.3, 0.4) is 0 Å². The molecule has 6 nitrogen and oxygen atoms in total. The number of carbonyl (C=O) groups is 2. The van der Waals surface area contributed by atoms with Crippen LogP contribution in [0.4, 0.5) is 5.69 Å². The Labute approximate surface area is 181 Å². The number of aromatic nitrogens is 1. The second-order valence-corrected chi connectivity index (χ2v) is 7.45. The van der Waals surface area contributed by atoms with Crippen molar-refractivity contribution in [2.75, 3.05) is 18.6 Å². The zero-order valence-electron chi connectivity index (χ0n) is 17.7. The van der Waals surface area contributed by atoms with Crippen LogP contribution in [0.15, 0.2) is 60.9 Å². The maximum atomic E-state index is 12.7. The van der Waals surface area contributed by atoms with Crippen LogP contribution >= 0.6 is 0 Å². The van der Waals surface area contributed by atoms with E-state index in [1.807, 2.05) is 48.2 Å². The van der Waals surface area contributed by atoms with Crippen molar-refractivity contribution >= 4 is 17.5 Å². The van der Waals surface area contributed by atoms with Crippen LogP contribution in [0.1, 0.15) is 34.8 Å². The number of ether oxygens (including phenoxy) is 1. The molecule has 0 atom stereocenters. The summed E-state index contributed by atoms with van der Waals surface area (Å²) < 4.78 is 5.51. The predicted molar refractivity (Wildman–Crippen MR) is 120 cm³/mol. The number of anilines is 1. The topological polar surface area (TPSA) is 71.5 Å². The minimum atomic E-state index is -0.199. The number of methoxy groups -OCH3 is 1. The Hall–Kier alpha value is -3.67. The smallest absolute Gasteiger partial charge is 0.255 e. The number of carbonyl (C=O) groups excluding carboxylic acids is 2. The van der Waals surface area contributed by atoms with Crippen LogP contribution in [0.25, 0.3) is 11.1 Å². The Morgan fingerprint density at radius 2 is 1.94 bits per heavy atom. The molecule has 0 saturated carbocycles. The Kier molecular flexibility index (Phi) is 5.98. The van der Waals surface area contributed by atoms with E-state index in [4.69, 9.17) is 4.74 Å². The van der Waals surface area contributed by atoms with Gasteiger partial charge in [0.15, 0.2) is 0 Å². The van der Waals surface area contributed by atoms with Crippen molar-refractivity contribution in [3.8, 4) is 16.9 Å². The van der Waals surface area contributed by atoms with Crippen molar-refractivity contribution in [3.05, 3.63) is 77.6 Å². The number of benzene rings is 2. The number of nitrogens with zero attached hydrogens (tertiary/aromatic N) is 2. The fraction of sp³-hybridized carbons (Fsp3) is 0.240. The number of pyridine rings is 1. The Morgan fingerprint density at radius 3 is 2.68 bits per heavy atom. The van der Waals surface area contributed by atoms with Gasteiger partial charge in [-0.25, -0.2) is 0 Å². The molecule has 0 unspecified atom stereocenters. The van der Waals surface area contributed by atoms with Gasteiger partial charge in [0.25, 0.3) is 5.91 Å². The molecule has 2 amide bonds. The van der Waals surface area contributed by atoms with Crippen molar-refractivity contribution in [2.24, 2.45) is 0 Å². The van der Waals surface area contributed by atoms with E-state index < -0.39 is 0 Å². The van der Waals surface area contributed by atoms with Gasteiger partial charge >= 0.3 is 0 Å². The summed E-state index contributed by atoms with van der Waals surface area (Å²) in [7, 11) is 1.56. The van der Waals surface area contributed by atoms with Gasteiger partial charge in [-0.05, 0) is 59.0 Å². The van der Waals surface area contributed by atoms with Gasteiger partial charge in [0.2, 0.25) is 5.91 Å². The molecule has 0 fully saturated rings. The third-order valence-electron chi connectivity index (χ3n) is 5.53. The fourth-order valence-electron chi connectivity index (χ4n) is 3.87. The fourth-order valence-corrected chi connectivity index (χ4v) is 3.87. The number of hydrogen-bond donors (Lipinski definition) is 1. The van der Waals surface area contributed by atoms with E-state index in [9.17, 15) is 9.59 Å². The van der Waals surface area contributed by atoms with E-state index in [0.717, 1.165) is 40.9 Å². The molecule has 3 aromatic rings. The molecule has 6 heteroatoms. The minimum absolute atomic E-state index is 0.148. The van der Waals surface area contributed by atoms with Gasteiger partial charge in [-0.2, -0.15) is 0 Å². The molecular weight excluding hydrogens is 390 g/mol. The summed E-state index contributed by atoms with van der Waals surface area (Å²) in [5.74, 6) is 0.467. The first kappa shape index (κ1) is 20.6. The van der Waals surface area contributed by atoms with Gasteiger partial charge < -0.3 is 15.0 Å². The largest absolute Gasteiger partial charge is 0.496 e. The number of amides is 2. The van der Waals surface area contributed by atoms with E-state index in [1.165, 1.54) is 0 Å². The first-order chi connectivity index (χ1) is 15.1. The molecule has 0 bridgehead atoms. The lowest BCUT2D eigenvalue weighted by atomic mass is 9.99. The lowest BCUT2D eigenvalue weighted by Gasteiger charge is -2.17. The second kappa shape index (κ2) is 9.00. The molecule has 2 heterocycles. The van der Waals surface area contributed by atoms with E-state index >= 15 is 0 Å². The normalized spacial score (nSPS) is 12.4. The van der Waals surface area contributed by atoms with Crippen LogP contribution in [0.2, 0.25) is 0 Å². The molecule has 31 heavy (non-hydrogen) atoms. The zero-order valence-corrected chi connectivity index (χ0v) is 17.7. The summed E-state index contributed by atoms with van der Waals surface area (Å²) in [6, 6.07) is 15.5. The maximum Gasteiger partial charge on any atom is 0.255 e. The summed E-state index contributed by atoms with van der Waals surface area (Å²) in [6.07, 6.45) is 4.78. The van der Waals surface area contributed by atoms with Crippen molar-refractivity contribution in [1.29, 1.82) is 0 Å². The maximum absolute atomic E-state index is 12.7. The van der Waals surface area contributed by atoms with Gasteiger partial charge in [0, 0.05) is 37.6 Å².